The Hall–Kier alpha value is -2.10. The second-order valence-electron chi connectivity index (χ2n) is 4.69. The Morgan fingerprint density at radius 2 is 2.11 bits per heavy atom. The Labute approximate surface area is 105 Å². The second kappa shape index (κ2) is 3.98. The number of aromatic carboxylic acids is 1. The van der Waals surface area contributed by atoms with Gasteiger partial charge in [-0.15, -0.1) is 0 Å². The fourth-order valence-electron chi connectivity index (χ4n) is 2.17. The molecule has 0 bridgehead atoms. The molecule has 1 heterocycles. The van der Waals surface area contributed by atoms with Crippen molar-refractivity contribution in [2.24, 2.45) is 0 Å². The van der Waals surface area contributed by atoms with E-state index in [0.29, 0.717) is 17.0 Å². The van der Waals surface area contributed by atoms with Crippen LogP contribution in [-0.4, -0.2) is 29.1 Å². The van der Waals surface area contributed by atoms with Gasteiger partial charge < -0.3 is 10.0 Å². The summed E-state index contributed by atoms with van der Waals surface area (Å²) >= 11 is 0. The molecular formula is C14H14N2O2. The lowest BCUT2D eigenvalue weighted by atomic mass is 10.1. The Morgan fingerprint density at radius 3 is 2.78 bits per heavy atom. The zero-order valence-electron chi connectivity index (χ0n) is 10.1. The van der Waals surface area contributed by atoms with Crippen molar-refractivity contribution in [3.63, 3.8) is 0 Å². The number of pyridine rings is 1. The van der Waals surface area contributed by atoms with Gasteiger partial charge in [-0.25, -0.2) is 9.78 Å². The standard InChI is InChI=1S/C14H14N2O2/c1-16(9-6-7-9)13-8-11(14(17)18)10-4-2-3-5-12(10)15-13/h2-5,8-9H,6-7H2,1H3,(H,17,18). The first kappa shape index (κ1) is 11.0. The number of benzene rings is 1. The monoisotopic (exact) mass is 242 g/mol. The summed E-state index contributed by atoms with van der Waals surface area (Å²) in [5.74, 6) is -0.160. The Balaban J connectivity index is 2.19. The molecule has 1 saturated carbocycles. The number of hydrogen-bond donors (Lipinski definition) is 1. The van der Waals surface area contributed by atoms with E-state index in [0.717, 1.165) is 24.2 Å². The van der Waals surface area contributed by atoms with Gasteiger partial charge in [0.25, 0.3) is 0 Å². The Morgan fingerprint density at radius 1 is 1.39 bits per heavy atom. The number of hydrogen-bond acceptors (Lipinski definition) is 3. The number of carboxylic acid groups (broad SMARTS) is 1. The third-order valence-corrected chi connectivity index (χ3v) is 3.39. The van der Waals surface area contributed by atoms with Crippen LogP contribution in [0.5, 0.6) is 0 Å². The van der Waals surface area contributed by atoms with Crippen LogP contribution in [0.4, 0.5) is 5.82 Å². The summed E-state index contributed by atoms with van der Waals surface area (Å²) in [6.07, 6.45) is 2.32. The van der Waals surface area contributed by atoms with Gasteiger partial charge in [-0.1, -0.05) is 18.2 Å². The summed E-state index contributed by atoms with van der Waals surface area (Å²) in [6, 6.07) is 9.55. The number of para-hydroxylation sites is 1. The summed E-state index contributed by atoms with van der Waals surface area (Å²) in [4.78, 5) is 17.9. The summed E-state index contributed by atoms with van der Waals surface area (Å²) < 4.78 is 0. The fourth-order valence-corrected chi connectivity index (χ4v) is 2.17. The molecule has 1 aliphatic rings. The SMILES string of the molecule is CN(c1cc(C(=O)O)c2ccccc2n1)C1CC1. The van der Waals surface area contributed by atoms with Crippen LogP contribution in [0.2, 0.25) is 0 Å². The van der Waals surface area contributed by atoms with Crippen molar-refractivity contribution >= 4 is 22.7 Å². The smallest absolute Gasteiger partial charge is 0.336 e. The summed E-state index contributed by atoms with van der Waals surface area (Å²) in [6.45, 7) is 0. The fraction of sp³-hybridized carbons (Fsp3) is 0.286. The quantitative estimate of drug-likeness (QED) is 0.898. The summed E-state index contributed by atoms with van der Waals surface area (Å²) in [7, 11) is 1.97. The third kappa shape index (κ3) is 1.79. The maximum absolute atomic E-state index is 11.3. The van der Waals surface area contributed by atoms with Crippen molar-refractivity contribution in [2.75, 3.05) is 11.9 Å². The highest BCUT2D eigenvalue weighted by Crippen LogP contribution is 2.31. The molecular weight excluding hydrogens is 228 g/mol. The van der Waals surface area contributed by atoms with Crippen LogP contribution in [0.3, 0.4) is 0 Å². The molecule has 2 aromatic rings. The number of rotatable bonds is 3. The van der Waals surface area contributed by atoms with Crippen LogP contribution < -0.4 is 4.90 Å². The molecule has 0 unspecified atom stereocenters. The van der Waals surface area contributed by atoms with E-state index >= 15 is 0 Å². The van der Waals surface area contributed by atoms with Gasteiger partial charge in [0.2, 0.25) is 0 Å². The lowest BCUT2D eigenvalue weighted by Gasteiger charge is -2.18. The van der Waals surface area contributed by atoms with Gasteiger partial charge in [0.05, 0.1) is 11.1 Å². The lowest BCUT2D eigenvalue weighted by Crippen LogP contribution is -2.21. The van der Waals surface area contributed by atoms with Crippen LogP contribution in [0.25, 0.3) is 10.9 Å². The summed E-state index contributed by atoms with van der Waals surface area (Å²) in [5, 5.41) is 9.99. The number of carbonyl (C=O) groups is 1. The lowest BCUT2D eigenvalue weighted by molar-refractivity contribution is 0.0699. The van der Waals surface area contributed by atoms with Gasteiger partial charge in [-0.3, -0.25) is 0 Å². The van der Waals surface area contributed by atoms with E-state index in [-0.39, 0.29) is 0 Å². The molecule has 92 valence electrons. The van der Waals surface area contributed by atoms with E-state index < -0.39 is 5.97 Å². The van der Waals surface area contributed by atoms with Crippen molar-refractivity contribution in [3.05, 3.63) is 35.9 Å². The van der Waals surface area contributed by atoms with Crippen molar-refractivity contribution in [2.45, 2.75) is 18.9 Å². The van der Waals surface area contributed by atoms with Crippen molar-refractivity contribution in [1.29, 1.82) is 0 Å². The van der Waals surface area contributed by atoms with Crippen LogP contribution in [0.1, 0.15) is 23.2 Å². The first-order chi connectivity index (χ1) is 8.66. The average molecular weight is 242 g/mol. The topological polar surface area (TPSA) is 53.4 Å². The minimum Gasteiger partial charge on any atom is -0.478 e. The molecule has 4 heteroatoms. The molecule has 0 amide bonds. The normalized spacial score (nSPS) is 14.7. The van der Waals surface area contributed by atoms with E-state index in [1.54, 1.807) is 12.1 Å². The molecule has 1 N–H and O–H groups in total. The zero-order valence-corrected chi connectivity index (χ0v) is 10.1. The number of anilines is 1. The molecule has 4 nitrogen and oxygen atoms in total. The van der Waals surface area contributed by atoms with E-state index in [9.17, 15) is 9.90 Å². The predicted octanol–water partition coefficient (Wildman–Crippen LogP) is 2.53. The second-order valence-corrected chi connectivity index (χ2v) is 4.69. The first-order valence-corrected chi connectivity index (χ1v) is 6.03. The van der Waals surface area contributed by atoms with Gasteiger partial charge in [0.1, 0.15) is 5.82 Å². The van der Waals surface area contributed by atoms with E-state index in [2.05, 4.69) is 9.88 Å². The average Bonchev–Trinajstić information content (AvgIpc) is 3.20. The molecule has 0 radical (unpaired) electrons. The number of aromatic nitrogens is 1. The molecule has 1 aromatic heterocycles. The maximum Gasteiger partial charge on any atom is 0.336 e. The van der Waals surface area contributed by atoms with E-state index in [1.165, 1.54) is 0 Å². The molecule has 3 rings (SSSR count). The number of carboxylic acids is 1. The van der Waals surface area contributed by atoms with Crippen molar-refractivity contribution in [3.8, 4) is 0 Å². The van der Waals surface area contributed by atoms with E-state index in [4.69, 9.17) is 0 Å². The zero-order chi connectivity index (χ0) is 12.7. The first-order valence-electron chi connectivity index (χ1n) is 6.03. The van der Waals surface area contributed by atoms with Crippen LogP contribution in [0.15, 0.2) is 30.3 Å². The maximum atomic E-state index is 11.3. The van der Waals surface area contributed by atoms with Gasteiger partial charge >= 0.3 is 5.97 Å². The van der Waals surface area contributed by atoms with Gasteiger partial charge in [0.15, 0.2) is 0 Å². The third-order valence-electron chi connectivity index (χ3n) is 3.39. The van der Waals surface area contributed by atoms with Gasteiger partial charge in [0, 0.05) is 18.5 Å². The van der Waals surface area contributed by atoms with Crippen molar-refractivity contribution in [1.82, 2.24) is 4.98 Å². The van der Waals surface area contributed by atoms with Crippen LogP contribution in [-0.2, 0) is 0 Å². The largest absolute Gasteiger partial charge is 0.478 e. The predicted molar refractivity (Wildman–Crippen MR) is 70.1 cm³/mol. The molecule has 0 spiro atoms. The van der Waals surface area contributed by atoms with Gasteiger partial charge in [-0.05, 0) is 25.0 Å². The highest BCUT2D eigenvalue weighted by molar-refractivity contribution is 6.03. The summed E-state index contributed by atoms with van der Waals surface area (Å²) in [5.41, 5.74) is 1.06. The van der Waals surface area contributed by atoms with Crippen LogP contribution in [0, 0.1) is 0 Å². The molecule has 18 heavy (non-hydrogen) atoms. The highest BCUT2D eigenvalue weighted by atomic mass is 16.4. The highest BCUT2D eigenvalue weighted by Gasteiger charge is 2.28. The number of fused-ring (bicyclic) bond motifs is 1. The molecule has 0 aliphatic heterocycles. The molecule has 1 fully saturated rings. The van der Waals surface area contributed by atoms with E-state index in [1.807, 2.05) is 25.2 Å². The molecule has 1 aliphatic carbocycles. The minimum absolute atomic E-state index is 0.322. The number of nitrogens with zero attached hydrogens (tertiary/aromatic N) is 2. The van der Waals surface area contributed by atoms with Crippen LogP contribution >= 0.6 is 0 Å². The minimum atomic E-state index is -0.904. The Kier molecular flexibility index (Phi) is 2.44. The molecule has 1 aromatic carbocycles. The van der Waals surface area contributed by atoms with Gasteiger partial charge in [-0.2, -0.15) is 0 Å². The molecule has 0 saturated heterocycles. The van der Waals surface area contributed by atoms with Crippen molar-refractivity contribution < 1.29 is 9.90 Å². The molecule has 0 atom stereocenters. The Bertz CT molecular complexity index is 620.